The summed E-state index contributed by atoms with van der Waals surface area (Å²) in [4.78, 5) is 16.9. The molecule has 0 aromatic heterocycles. The lowest BCUT2D eigenvalue weighted by atomic mass is 10.0. The number of ether oxygens (including phenoxy) is 2. The molecule has 128 valence electrons. The van der Waals surface area contributed by atoms with Gasteiger partial charge in [-0.3, -0.25) is 0 Å². The monoisotopic (exact) mass is 335 g/mol. The lowest BCUT2D eigenvalue weighted by Crippen LogP contribution is -2.08. The van der Waals surface area contributed by atoms with E-state index in [-0.39, 0.29) is 5.97 Å². The molecule has 0 unspecified atom stereocenters. The van der Waals surface area contributed by atoms with Gasteiger partial charge in [0, 0.05) is 11.1 Å². The first kappa shape index (κ1) is 17.0. The first-order valence-corrected chi connectivity index (χ1v) is 8.47. The van der Waals surface area contributed by atoms with Gasteiger partial charge in [-0.05, 0) is 31.0 Å². The molecule has 0 bridgehead atoms. The summed E-state index contributed by atoms with van der Waals surface area (Å²) in [7, 11) is 1.40. The van der Waals surface area contributed by atoms with E-state index in [0.29, 0.717) is 23.7 Å². The second-order valence-electron chi connectivity index (χ2n) is 5.80. The number of methoxy groups -OCH3 is 1. The molecule has 0 N–H and O–H groups in total. The van der Waals surface area contributed by atoms with Gasteiger partial charge >= 0.3 is 5.97 Å². The summed E-state index contributed by atoms with van der Waals surface area (Å²) in [6, 6.07) is 17.4. The van der Waals surface area contributed by atoms with E-state index in [0.717, 1.165) is 29.7 Å². The van der Waals surface area contributed by atoms with Crippen LogP contribution in [0.1, 0.15) is 37.3 Å². The molecular formula is C21H21NO3. The molecule has 25 heavy (non-hydrogen) atoms. The Morgan fingerprint density at radius 3 is 2.40 bits per heavy atom. The fraction of sp³-hybridized carbons (Fsp3) is 0.238. The van der Waals surface area contributed by atoms with Gasteiger partial charge in [-0.25, -0.2) is 9.79 Å². The van der Waals surface area contributed by atoms with Crippen LogP contribution in [0.3, 0.4) is 0 Å². The van der Waals surface area contributed by atoms with Crippen LogP contribution in [0.2, 0.25) is 0 Å². The molecule has 0 amide bonds. The van der Waals surface area contributed by atoms with Gasteiger partial charge < -0.3 is 9.47 Å². The zero-order chi connectivity index (χ0) is 17.6. The zero-order valence-corrected chi connectivity index (χ0v) is 14.5. The van der Waals surface area contributed by atoms with Crippen molar-refractivity contribution in [2.75, 3.05) is 7.11 Å². The number of esters is 1. The Labute approximate surface area is 147 Å². The lowest BCUT2D eigenvalue weighted by Gasteiger charge is -2.09. The van der Waals surface area contributed by atoms with Crippen molar-refractivity contribution in [3.05, 3.63) is 71.3 Å². The molecule has 3 rings (SSSR count). The smallest absolute Gasteiger partial charge is 0.337 e. The van der Waals surface area contributed by atoms with Crippen molar-refractivity contribution in [1.29, 1.82) is 0 Å². The Balaban J connectivity index is 2.09. The van der Waals surface area contributed by atoms with Gasteiger partial charge in [0.1, 0.15) is 5.76 Å². The quantitative estimate of drug-likeness (QED) is 0.578. The number of unbranched alkanes of at least 4 members (excludes halogenated alkanes) is 1. The molecule has 4 nitrogen and oxygen atoms in total. The third-order valence-corrected chi connectivity index (χ3v) is 4.07. The minimum Gasteiger partial charge on any atom is -0.466 e. The van der Waals surface area contributed by atoms with Gasteiger partial charge in [-0.15, -0.1) is 0 Å². The van der Waals surface area contributed by atoms with Crippen molar-refractivity contribution in [2.24, 2.45) is 4.99 Å². The van der Waals surface area contributed by atoms with E-state index in [1.165, 1.54) is 7.11 Å². The standard InChI is InChI=1S/C21H21NO3/c1-3-4-12-18(21(23)24-2)19-16-13-8-9-14-17(16)20(25-19)22-15-10-6-5-7-11-15/h5-11,13-14H,3-4,12H2,1-2H3/b19-18-,22-20?. The maximum absolute atomic E-state index is 12.3. The van der Waals surface area contributed by atoms with Crippen LogP contribution in [0.4, 0.5) is 5.69 Å². The molecule has 0 spiro atoms. The average molecular weight is 335 g/mol. The lowest BCUT2D eigenvalue weighted by molar-refractivity contribution is -0.136. The average Bonchev–Trinajstić information content (AvgIpc) is 3.01. The summed E-state index contributed by atoms with van der Waals surface area (Å²) in [5.41, 5.74) is 3.14. The molecule has 0 atom stereocenters. The van der Waals surface area contributed by atoms with Gasteiger partial charge in [0.25, 0.3) is 0 Å². The summed E-state index contributed by atoms with van der Waals surface area (Å²) >= 11 is 0. The number of benzene rings is 2. The van der Waals surface area contributed by atoms with Crippen molar-refractivity contribution in [1.82, 2.24) is 0 Å². The highest BCUT2D eigenvalue weighted by atomic mass is 16.5. The van der Waals surface area contributed by atoms with E-state index in [1.807, 2.05) is 54.6 Å². The van der Waals surface area contributed by atoms with E-state index < -0.39 is 0 Å². The van der Waals surface area contributed by atoms with Crippen LogP contribution in [0.25, 0.3) is 5.76 Å². The third kappa shape index (κ3) is 3.63. The Kier molecular flexibility index (Phi) is 5.29. The predicted octanol–water partition coefficient (Wildman–Crippen LogP) is 4.87. The first-order valence-electron chi connectivity index (χ1n) is 8.47. The summed E-state index contributed by atoms with van der Waals surface area (Å²) in [6.07, 6.45) is 2.50. The van der Waals surface area contributed by atoms with Gasteiger partial charge in [-0.2, -0.15) is 0 Å². The molecule has 1 aliphatic rings. The van der Waals surface area contributed by atoms with E-state index >= 15 is 0 Å². The maximum atomic E-state index is 12.3. The molecule has 1 aliphatic heterocycles. The zero-order valence-electron chi connectivity index (χ0n) is 14.5. The van der Waals surface area contributed by atoms with E-state index in [9.17, 15) is 4.79 Å². The van der Waals surface area contributed by atoms with Crippen molar-refractivity contribution in [3.63, 3.8) is 0 Å². The number of para-hydroxylation sites is 1. The predicted molar refractivity (Wildman–Crippen MR) is 98.6 cm³/mol. The number of nitrogens with zero attached hydrogens (tertiary/aromatic N) is 1. The number of fused-ring (bicyclic) bond motifs is 1. The second kappa shape index (κ2) is 7.79. The second-order valence-corrected chi connectivity index (χ2v) is 5.80. The molecule has 2 aromatic carbocycles. The Morgan fingerprint density at radius 2 is 1.72 bits per heavy atom. The largest absolute Gasteiger partial charge is 0.466 e. The van der Waals surface area contributed by atoms with Crippen LogP contribution in [0.5, 0.6) is 0 Å². The molecule has 0 saturated heterocycles. The number of hydrogen-bond acceptors (Lipinski definition) is 4. The van der Waals surface area contributed by atoms with Crippen molar-refractivity contribution in [2.45, 2.75) is 26.2 Å². The maximum Gasteiger partial charge on any atom is 0.337 e. The summed E-state index contributed by atoms with van der Waals surface area (Å²) in [5.74, 6) is 0.722. The van der Waals surface area contributed by atoms with Crippen molar-refractivity contribution >= 4 is 23.3 Å². The molecule has 1 heterocycles. The number of hydrogen-bond donors (Lipinski definition) is 0. The molecular weight excluding hydrogens is 314 g/mol. The number of carbonyl (C=O) groups excluding carboxylic acids is 1. The van der Waals surface area contributed by atoms with Crippen LogP contribution < -0.4 is 0 Å². The number of carbonyl (C=O) groups is 1. The van der Waals surface area contributed by atoms with E-state index in [1.54, 1.807) is 0 Å². The van der Waals surface area contributed by atoms with Crippen molar-refractivity contribution < 1.29 is 14.3 Å². The number of aliphatic imine (C=N–C) groups is 1. The van der Waals surface area contributed by atoms with E-state index in [2.05, 4.69) is 11.9 Å². The van der Waals surface area contributed by atoms with Crippen LogP contribution in [0, 0.1) is 0 Å². The highest BCUT2D eigenvalue weighted by molar-refractivity contribution is 6.11. The van der Waals surface area contributed by atoms with Crippen LogP contribution >= 0.6 is 0 Å². The van der Waals surface area contributed by atoms with Gasteiger partial charge in [0.15, 0.2) is 0 Å². The summed E-state index contributed by atoms with van der Waals surface area (Å²) < 4.78 is 11.0. The van der Waals surface area contributed by atoms with Gasteiger partial charge in [0.05, 0.1) is 18.4 Å². The molecule has 0 saturated carbocycles. The minimum absolute atomic E-state index is 0.348. The number of rotatable bonds is 5. The Hall–Kier alpha value is -2.88. The fourth-order valence-corrected chi connectivity index (χ4v) is 2.79. The van der Waals surface area contributed by atoms with Crippen LogP contribution in [-0.2, 0) is 14.3 Å². The summed E-state index contributed by atoms with van der Waals surface area (Å²) in [6.45, 7) is 2.09. The fourth-order valence-electron chi connectivity index (χ4n) is 2.79. The van der Waals surface area contributed by atoms with Gasteiger partial charge in [0.2, 0.25) is 5.90 Å². The first-order chi connectivity index (χ1) is 12.2. The molecule has 0 aliphatic carbocycles. The SMILES string of the molecule is CCCC/C(C(=O)OC)=C1/OC(=Nc2ccccc2)c2ccccc21. The summed E-state index contributed by atoms with van der Waals surface area (Å²) in [5, 5.41) is 0. The van der Waals surface area contributed by atoms with Gasteiger partial charge in [-0.1, -0.05) is 49.7 Å². The Morgan fingerprint density at radius 1 is 1.04 bits per heavy atom. The molecule has 0 radical (unpaired) electrons. The molecule has 4 heteroatoms. The van der Waals surface area contributed by atoms with Crippen molar-refractivity contribution in [3.8, 4) is 0 Å². The molecule has 0 fully saturated rings. The minimum atomic E-state index is -0.348. The third-order valence-electron chi connectivity index (χ3n) is 4.07. The highest BCUT2D eigenvalue weighted by Gasteiger charge is 2.30. The topological polar surface area (TPSA) is 47.9 Å². The Bertz CT molecular complexity index is 822. The normalized spacial score (nSPS) is 16.3. The van der Waals surface area contributed by atoms with Crippen LogP contribution in [0.15, 0.2) is 65.2 Å². The molecule has 2 aromatic rings. The van der Waals surface area contributed by atoms with Crippen LogP contribution in [-0.4, -0.2) is 19.0 Å². The highest BCUT2D eigenvalue weighted by Crippen LogP contribution is 2.35. The van der Waals surface area contributed by atoms with E-state index in [4.69, 9.17) is 9.47 Å².